The van der Waals surface area contributed by atoms with Crippen molar-refractivity contribution >= 4 is 6.98 Å². The van der Waals surface area contributed by atoms with Gasteiger partial charge in [0.05, 0.1) is 0 Å². The zero-order chi connectivity index (χ0) is 11.5. The Labute approximate surface area is 89.4 Å². The summed E-state index contributed by atoms with van der Waals surface area (Å²) in [6, 6.07) is 0.338. The SMILES string of the molecule is C=C(CN(CC)C1CCCC1)[B-](F)(F)F. The summed E-state index contributed by atoms with van der Waals surface area (Å²) in [7, 11) is 0. The lowest BCUT2D eigenvalue weighted by atomic mass is 9.80. The topological polar surface area (TPSA) is 3.24 Å². The van der Waals surface area contributed by atoms with E-state index in [-0.39, 0.29) is 6.54 Å². The van der Waals surface area contributed by atoms with Gasteiger partial charge in [-0.25, -0.2) is 0 Å². The summed E-state index contributed by atoms with van der Waals surface area (Å²) in [5.41, 5.74) is -0.566. The first-order valence-corrected chi connectivity index (χ1v) is 5.56. The average Bonchev–Trinajstić information content (AvgIpc) is 2.64. The quantitative estimate of drug-likeness (QED) is 0.643. The van der Waals surface area contributed by atoms with E-state index in [1.165, 1.54) is 0 Å². The zero-order valence-corrected chi connectivity index (χ0v) is 9.19. The lowest BCUT2D eigenvalue weighted by molar-refractivity contribution is 0.226. The van der Waals surface area contributed by atoms with Gasteiger partial charge in [-0.3, -0.25) is 4.90 Å². The summed E-state index contributed by atoms with van der Waals surface area (Å²) in [5.74, 6) is 0. The molecule has 5 heteroatoms. The second kappa shape index (κ2) is 5.06. The Morgan fingerprint density at radius 3 is 2.27 bits per heavy atom. The fraction of sp³-hybridized carbons (Fsp3) is 0.800. The first-order chi connectivity index (χ1) is 6.95. The summed E-state index contributed by atoms with van der Waals surface area (Å²) in [6.45, 7) is 0.859. The molecule has 0 N–H and O–H groups in total. The fourth-order valence-electron chi connectivity index (χ4n) is 2.13. The molecule has 0 bridgehead atoms. The van der Waals surface area contributed by atoms with E-state index in [1.807, 2.05) is 11.8 Å². The third-order valence-corrected chi connectivity index (χ3v) is 3.12. The summed E-state index contributed by atoms with van der Waals surface area (Å²) in [4.78, 5) is 1.91. The largest absolute Gasteiger partial charge is 0.506 e. The second-order valence-electron chi connectivity index (χ2n) is 4.23. The molecule has 0 heterocycles. The van der Waals surface area contributed by atoms with E-state index in [2.05, 4.69) is 6.58 Å². The number of hydrogen-bond acceptors (Lipinski definition) is 1. The van der Waals surface area contributed by atoms with Gasteiger partial charge in [0.2, 0.25) is 0 Å². The number of nitrogens with zero attached hydrogens (tertiary/aromatic N) is 1. The molecule has 0 aliphatic heterocycles. The van der Waals surface area contributed by atoms with Gasteiger partial charge < -0.3 is 12.9 Å². The molecule has 1 aliphatic rings. The second-order valence-corrected chi connectivity index (χ2v) is 4.23. The van der Waals surface area contributed by atoms with Gasteiger partial charge in [-0.1, -0.05) is 19.8 Å². The van der Waals surface area contributed by atoms with E-state index in [9.17, 15) is 12.9 Å². The molecule has 0 aromatic rings. The molecule has 1 saturated carbocycles. The van der Waals surface area contributed by atoms with Crippen molar-refractivity contribution in [1.29, 1.82) is 0 Å². The van der Waals surface area contributed by atoms with Crippen molar-refractivity contribution in [1.82, 2.24) is 4.90 Å². The maximum absolute atomic E-state index is 12.4. The minimum atomic E-state index is -4.87. The van der Waals surface area contributed by atoms with Crippen molar-refractivity contribution in [2.45, 2.75) is 38.6 Å². The van der Waals surface area contributed by atoms with Gasteiger partial charge in [0.25, 0.3) is 0 Å². The highest BCUT2D eigenvalue weighted by Crippen LogP contribution is 2.26. The van der Waals surface area contributed by atoms with Gasteiger partial charge in [-0.05, 0) is 25.9 Å². The molecule has 0 radical (unpaired) electrons. The van der Waals surface area contributed by atoms with Crippen LogP contribution in [0.25, 0.3) is 0 Å². The lowest BCUT2D eigenvalue weighted by Gasteiger charge is -2.31. The smallest absolute Gasteiger partial charge is 0.445 e. The minimum Gasteiger partial charge on any atom is -0.445 e. The Hall–Kier alpha value is -0.445. The first-order valence-electron chi connectivity index (χ1n) is 5.56. The highest BCUT2D eigenvalue weighted by atomic mass is 19.4. The monoisotopic (exact) mass is 220 g/mol. The van der Waals surface area contributed by atoms with Crippen molar-refractivity contribution in [2.75, 3.05) is 13.1 Å². The van der Waals surface area contributed by atoms with Crippen molar-refractivity contribution in [3.63, 3.8) is 0 Å². The predicted molar refractivity (Wildman–Crippen MR) is 57.7 cm³/mol. The van der Waals surface area contributed by atoms with Gasteiger partial charge in [0.15, 0.2) is 0 Å². The average molecular weight is 220 g/mol. The number of likely N-dealkylation sites (N-methyl/N-ethyl adjacent to an activating group) is 1. The van der Waals surface area contributed by atoms with Crippen LogP contribution in [0.15, 0.2) is 12.1 Å². The predicted octanol–water partition coefficient (Wildman–Crippen LogP) is 3.19. The van der Waals surface area contributed by atoms with E-state index in [0.717, 1.165) is 25.7 Å². The highest BCUT2D eigenvalue weighted by Gasteiger charge is 2.30. The Morgan fingerprint density at radius 2 is 1.87 bits per heavy atom. The fourth-order valence-corrected chi connectivity index (χ4v) is 2.13. The maximum Gasteiger partial charge on any atom is 0.506 e. The van der Waals surface area contributed by atoms with Crippen LogP contribution < -0.4 is 0 Å². The summed E-state index contributed by atoms with van der Waals surface area (Å²) >= 11 is 0. The molecule has 1 fully saturated rings. The minimum absolute atomic E-state index is 0.00926. The van der Waals surface area contributed by atoms with Crippen LogP contribution in [0.4, 0.5) is 12.9 Å². The van der Waals surface area contributed by atoms with Crippen LogP contribution >= 0.6 is 0 Å². The maximum atomic E-state index is 12.4. The molecule has 0 aromatic heterocycles. The highest BCUT2D eigenvalue weighted by molar-refractivity contribution is 6.66. The van der Waals surface area contributed by atoms with Crippen LogP contribution in [-0.2, 0) is 0 Å². The molecular formula is C10H18BF3N-. The van der Waals surface area contributed by atoms with Crippen molar-refractivity contribution in [3.8, 4) is 0 Å². The van der Waals surface area contributed by atoms with Crippen LogP contribution in [0.1, 0.15) is 32.6 Å². The van der Waals surface area contributed by atoms with E-state index in [0.29, 0.717) is 12.6 Å². The molecule has 0 spiro atoms. The van der Waals surface area contributed by atoms with Gasteiger partial charge in [-0.2, -0.15) is 0 Å². The first kappa shape index (κ1) is 12.6. The number of rotatable bonds is 5. The Bertz CT molecular complexity index is 221. The molecular weight excluding hydrogens is 202 g/mol. The molecule has 1 rings (SSSR count). The third-order valence-electron chi connectivity index (χ3n) is 3.12. The zero-order valence-electron chi connectivity index (χ0n) is 9.19. The van der Waals surface area contributed by atoms with E-state index >= 15 is 0 Å². The van der Waals surface area contributed by atoms with Crippen LogP contribution in [-0.4, -0.2) is 31.0 Å². The summed E-state index contributed by atoms with van der Waals surface area (Å²) < 4.78 is 37.1. The standard InChI is InChI=1S/C10H18BF3N/c1-3-15(10-6-4-5-7-10)8-9(2)11(12,13)14/h10H,2-8H2,1H3/q-1. The number of hydrogen-bond donors (Lipinski definition) is 0. The van der Waals surface area contributed by atoms with Crippen molar-refractivity contribution in [3.05, 3.63) is 12.1 Å². The molecule has 88 valence electrons. The Kier molecular flexibility index (Phi) is 4.26. The molecule has 0 saturated heterocycles. The van der Waals surface area contributed by atoms with Gasteiger partial charge in [0.1, 0.15) is 0 Å². The number of halogens is 3. The van der Waals surface area contributed by atoms with Crippen molar-refractivity contribution in [2.24, 2.45) is 0 Å². The summed E-state index contributed by atoms with van der Waals surface area (Å²) in [5, 5.41) is 0. The van der Waals surface area contributed by atoms with Crippen molar-refractivity contribution < 1.29 is 12.9 Å². The Morgan fingerprint density at radius 1 is 1.33 bits per heavy atom. The molecule has 0 amide bonds. The molecule has 0 unspecified atom stereocenters. The Balaban J connectivity index is 2.49. The molecule has 15 heavy (non-hydrogen) atoms. The van der Waals surface area contributed by atoms with Crippen LogP contribution in [0, 0.1) is 0 Å². The van der Waals surface area contributed by atoms with E-state index in [4.69, 9.17) is 0 Å². The van der Waals surface area contributed by atoms with E-state index in [1.54, 1.807) is 0 Å². The molecule has 0 aromatic carbocycles. The van der Waals surface area contributed by atoms with E-state index < -0.39 is 12.4 Å². The normalized spacial score (nSPS) is 18.7. The van der Waals surface area contributed by atoms with Crippen LogP contribution in [0.3, 0.4) is 0 Å². The third kappa shape index (κ3) is 3.56. The van der Waals surface area contributed by atoms with Crippen LogP contribution in [0.5, 0.6) is 0 Å². The lowest BCUT2D eigenvalue weighted by Crippen LogP contribution is -2.38. The summed E-state index contributed by atoms with van der Waals surface area (Å²) in [6.07, 6.45) is 4.35. The van der Waals surface area contributed by atoms with Gasteiger partial charge in [-0.15, -0.1) is 12.1 Å². The van der Waals surface area contributed by atoms with Crippen LogP contribution in [0.2, 0.25) is 0 Å². The molecule has 1 nitrogen and oxygen atoms in total. The van der Waals surface area contributed by atoms with Gasteiger partial charge in [0, 0.05) is 6.04 Å². The van der Waals surface area contributed by atoms with Gasteiger partial charge >= 0.3 is 6.98 Å². The molecule has 0 atom stereocenters. The molecule has 1 aliphatic carbocycles.